The maximum atomic E-state index is 13.1. The Balaban J connectivity index is 1.46. The Morgan fingerprint density at radius 1 is 1.03 bits per heavy atom. The third-order valence-electron chi connectivity index (χ3n) is 7.05. The van der Waals surface area contributed by atoms with Crippen molar-refractivity contribution in [1.82, 2.24) is 4.90 Å². The second-order valence-electron chi connectivity index (χ2n) is 9.86. The lowest BCUT2D eigenvalue weighted by atomic mass is 9.93. The highest BCUT2D eigenvalue weighted by Crippen LogP contribution is 2.39. The number of carbonyl (C=O) groups excluding carboxylic acids is 1. The van der Waals surface area contributed by atoms with Crippen LogP contribution in [0.5, 0.6) is 5.75 Å². The molecule has 2 aromatic carbocycles. The topological polar surface area (TPSA) is 66.8 Å². The van der Waals surface area contributed by atoms with Crippen LogP contribution in [0.2, 0.25) is 10.0 Å². The number of hydrogen-bond acceptors (Lipinski definition) is 3. The number of carboxylic acids is 1. The van der Waals surface area contributed by atoms with Gasteiger partial charge in [0.05, 0.1) is 10.0 Å². The van der Waals surface area contributed by atoms with Crippen molar-refractivity contribution < 1.29 is 19.4 Å². The van der Waals surface area contributed by atoms with Gasteiger partial charge >= 0.3 is 5.97 Å². The molecule has 2 fully saturated rings. The summed E-state index contributed by atoms with van der Waals surface area (Å²) in [7, 11) is 0. The maximum Gasteiger partial charge on any atom is 0.347 e. The predicted molar refractivity (Wildman–Crippen MR) is 135 cm³/mol. The zero-order valence-corrected chi connectivity index (χ0v) is 21.2. The lowest BCUT2D eigenvalue weighted by Crippen LogP contribution is -2.39. The minimum Gasteiger partial charge on any atom is -0.478 e. The first-order valence-corrected chi connectivity index (χ1v) is 12.7. The van der Waals surface area contributed by atoms with Gasteiger partial charge in [0.2, 0.25) is 5.91 Å². The van der Waals surface area contributed by atoms with E-state index >= 15 is 0 Å². The van der Waals surface area contributed by atoms with Crippen LogP contribution in [0.25, 0.3) is 11.1 Å². The quantitative estimate of drug-likeness (QED) is 0.460. The number of hydrogen-bond donors (Lipinski definition) is 1. The summed E-state index contributed by atoms with van der Waals surface area (Å²) in [6.07, 6.45) is 7.41. The van der Waals surface area contributed by atoms with Crippen LogP contribution in [0.3, 0.4) is 0 Å². The van der Waals surface area contributed by atoms with Gasteiger partial charge in [-0.1, -0.05) is 66.7 Å². The van der Waals surface area contributed by atoms with Crippen LogP contribution in [-0.2, 0) is 16.0 Å². The van der Waals surface area contributed by atoms with Crippen molar-refractivity contribution in [2.75, 3.05) is 6.54 Å². The monoisotopic (exact) mass is 503 g/mol. The summed E-state index contributed by atoms with van der Waals surface area (Å²) in [5.74, 6) is -0.375. The van der Waals surface area contributed by atoms with Crippen molar-refractivity contribution in [2.24, 2.45) is 5.92 Å². The molecule has 4 rings (SSSR count). The summed E-state index contributed by atoms with van der Waals surface area (Å²) in [5.41, 5.74) is 1.19. The van der Waals surface area contributed by atoms with Crippen LogP contribution < -0.4 is 4.74 Å². The average Bonchev–Trinajstić information content (AvgIpc) is 3.18. The summed E-state index contributed by atoms with van der Waals surface area (Å²) in [5, 5.41) is 10.2. The van der Waals surface area contributed by atoms with Gasteiger partial charge in [-0.05, 0) is 62.8 Å². The number of carbonyl (C=O) groups is 2. The Morgan fingerprint density at radius 2 is 1.71 bits per heavy atom. The number of aliphatic carboxylic acids is 1. The molecule has 1 saturated carbocycles. The van der Waals surface area contributed by atoms with Gasteiger partial charge in [-0.25, -0.2) is 4.79 Å². The van der Waals surface area contributed by atoms with E-state index in [1.807, 2.05) is 24.3 Å². The van der Waals surface area contributed by atoms with Crippen molar-refractivity contribution in [1.29, 1.82) is 0 Å². The first-order valence-electron chi connectivity index (χ1n) is 12.0. The van der Waals surface area contributed by atoms with Crippen LogP contribution in [0.1, 0.15) is 57.9 Å². The van der Waals surface area contributed by atoms with E-state index in [-0.39, 0.29) is 11.8 Å². The molecule has 182 valence electrons. The molecule has 2 aromatic rings. The number of benzene rings is 2. The summed E-state index contributed by atoms with van der Waals surface area (Å²) < 4.78 is 5.57. The molecule has 1 amide bonds. The molecule has 1 aliphatic heterocycles. The predicted octanol–water partition coefficient (Wildman–Crippen LogP) is 6.63. The Labute approximate surface area is 211 Å². The van der Waals surface area contributed by atoms with Crippen LogP contribution in [0.4, 0.5) is 0 Å². The summed E-state index contributed by atoms with van der Waals surface area (Å²) in [4.78, 5) is 26.5. The van der Waals surface area contributed by atoms with E-state index in [1.165, 1.54) is 33.1 Å². The molecule has 0 bridgehead atoms. The number of rotatable bonds is 7. The van der Waals surface area contributed by atoms with Crippen molar-refractivity contribution in [3.05, 3.63) is 52.0 Å². The van der Waals surface area contributed by atoms with Crippen molar-refractivity contribution in [2.45, 2.75) is 70.4 Å². The summed E-state index contributed by atoms with van der Waals surface area (Å²) in [6.45, 7) is 3.84. The number of carboxylic acid groups (broad SMARTS) is 1. The molecular weight excluding hydrogens is 473 g/mol. The number of amides is 1. The van der Waals surface area contributed by atoms with E-state index in [4.69, 9.17) is 27.9 Å². The molecule has 1 heterocycles. The van der Waals surface area contributed by atoms with Crippen LogP contribution >= 0.6 is 23.2 Å². The first kappa shape index (κ1) is 24.9. The number of halogens is 2. The highest BCUT2D eigenvalue weighted by molar-refractivity contribution is 6.44. The highest BCUT2D eigenvalue weighted by Gasteiger charge is 2.36. The van der Waals surface area contributed by atoms with Crippen LogP contribution in [0, 0.1) is 5.92 Å². The van der Waals surface area contributed by atoms with Crippen molar-refractivity contribution in [3.8, 4) is 16.9 Å². The molecular formula is C27H31Cl2NO4. The molecule has 34 heavy (non-hydrogen) atoms. The lowest BCUT2D eigenvalue weighted by molar-refractivity contribution is -0.152. The normalized spacial score (nSPS) is 19.5. The van der Waals surface area contributed by atoms with Gasteiger partial charge in [-0.3, -0.25) is 4.79 Å². The smallest absolute Gasteiger partial charge is 0.347 e. The van der Waals surface area contributed by atoms with Gasteiger partial charge in [0, 0.05) is 24.1 Å². The van der Waals surface area contributed by atoms with E-state index in [2.05, 4.69) is 4.90 Å². The molecule has 2 aliphatic rings. The van der Waals surface area contributed by atoms with Gasteiger partial charge in [0.1, 0.15) is 5.75 Å². The Bertz CT molecular complexity index is 1060. The van der Waals surface area contributed by atoms with Gasteiger partial charge in [-0.2, -0.15) is 0 Å². The van der Waals surface area contributed by atoms with E-state index in [0.717, 1.165) is 42.5 Å². The molecule has 1 atom stereocenters. The molecule has 0 radical (unpaired) electrons. The fraction of sp³-hybridized carbons (Fsp3) is 0.481. The Kier molecular flexibility index (Phi) is 7.44. The number of likely N-dealkylation sites (tertiary alicyclic amines) is 1. The van der Waals surface area contributed by atoms with Crippen LogP contribution in [0.15, 0.2) is 36.4 Å². The van der Waals surface area contributed by atoms with Gasteiger partial charge in [0.25, 0.3) is 0 Å². The minimum atomic E-state index is -1.33. The maximum absolute atomic E-state index is 13.1. The SMILES string of the molecule is CC(C)(Oc1ccc(-c2ccc(CC3CCN(C4CCCCC4)C3=O)c(Cl)c2Cl)cc1)C(=O)O. The second-order valence-corrected chi connectivity index (χ2v) is 10.6. The zero-order chi connectivity index (χ0) is 24.5. The minimum absolute atomic E-state index is 0.0460. The summed E-state index contributed by atoms with van der Waals surface area (Å²) >= 11 is 13.3. The fourth-order valence-electron chi connectivity index (χ4n) is 4.98. The average molecular weight is 504 g/mol. The molecule has 0 aromatic heterocycles. The van der Waals surface area contributed by atoms with Gasteiger partial charge in [0.15, 0.2) is 5.60 Å². The lowest BCUT2D eigenvalue weighted by Gasteiger charge is -2.31. The Morgan fingerprint density at radius 3 is 2.35 bits per heavy atom. The molecule has 1 unspecified atom stereocenters. The molecule has 5 nitrogen and oxygen atoms in total. The van der Waals surface area contributed by atoms with E-state index in [1.54, 1.807) is 12.1 Å². The first-order chi connectivity index (χ1) is 16.2. The van der Waals surface area contributed by atoms with Crippen molar-refractivity contribution in [3.63, 3.8) is 0 Å². The Hall–Kier alpha value is -2.24. The largest absolute Gasteiger partial charge is 0.478 e. The molecule has 1 aliphatic carbocycles. The standard InChI is InChI=1S/C27H31Cl2NO4/c1-27(2,26(32)33)34-21-11-8-17(9-12-21)22-13-10-18(23(28)24(22)29)16-19-14-15-30(25(19)31)20-6-4-3-5-7-20/h8-13,19-20H,3-7,14-16H2,1-2H3,(H,32,33). The van der Waals surface area contributed by atoms with Gasteiger partial charge < -0.3 is 14.7 Å². The molecule has 1 N–H and O–H groups in total. The third-order valence-corrected chi connectivity index (χ3v) is 7.97. The highest BCUT2D eigenvalue weighted by atomic mass is 35.5. The molecule has 0 spiro atoms. The fourth-order valence-corrected chi connectivity index (χ4v) is 5.52. The molecule has 1 saturated heterocycles. The van der Waals surface area contributed by atoms with E-state index in [0.29, 0.717) is 28.3 Å². The summed E-state index contributed by atoms with van der Waals surface area (Å²) in [6, 6.07) is 11.4. The number of ether oxygens (including phenoxy) is 1. The van der Waals surface area contributed by atoms with Crippen LogP contribution in [-0.4, -0.2) is 40.1 Å². The van der Waals surface area contributed by atoms with E-state index in [9.17, 15) is 14.7 Å². The van der Waals surface area contributed by atoms with Crippen molar-refractivity contribution >= 4 is 35.1 Å². The van der Waals surface area contributed by atoms with E-state index < -0.39 is 11.6 Å². The second kappa shape index (κ2) is 10.2. The van der Waals surface area contributed by atoms with Gasteiger partial charge in [-0.15, -0.1) is 0 Å². The zero-order valence-electron chi connectivity index (χ0n) is 19.7. The third kappa shape index (κ3) is 5.21. The molecule has 7 heteroatoms. The number of nitrogens with zero attached hydrogens (tertiary/aromatic N) is 1.